The molecule has 1 fully saturated rings. The van der Waals surface area contributed by atoms with Crippen LogP contribution in [0.5, 0.6) is 5.75 Å². The van der Waals surface area contributed by atoms with Gasteiger partial charge in [0.1, 0.15) is 5.75 Å². The van der Waals surface area contributed by atoms with Gasteiger partial charge in [-0.2, -0.15) is 26.3 Å². The first kappa shape index (κ1) is 41.5. The predicted octanol–water partition coefficient (Wildman–Crippen LogP) is 6.04. The van der Waals surface area contributed by atoms with Crippen molar-refractivity contribution >= 4 is 40.0 Å². The van der Waals surface area contributed by atoms with Crippen LogP contribution in [-0.2, 0) is 27.2 Å². The second-order valence-electron chi connectivity index (χ2n) is 12.1. The number of carbonyl (C=O) groups excluding carboxylic acids is 3. The van der Waals surface area contributed by atoms with Crippen LogP contribution in [-0.4, -0.2) is 83.6 Å². The molecule has 0 spiro atoms. The van der Waals surface area contributed by atoms with E-state index in [0.29, 0.717) is 31.1 Å². The second kappa shape index (κ2) is 19.6. The Morgan fingerprint density at radius 3 is 1.98 bits per heavy atom. The number of nitrogens with one attached hydrogen (secondary N) is 3. The minimum Gasteiger partial charge on any atom is -0.506 e. The molecule has 0 aliphatic heterocycles. The van der Waals surface area contributed by atoms with Crippen LogP contribution in [0.1, 0.15) is 56.1 Å². The van der Waals surface area contributed by atoms with Gasteiger partial charge in [-0.3, -0.25) is 19.2 Å². The molecular formula is C35H41ClF6N4O5. The van der Waals surface area contributed by atoms with Gasteiger partial charge in [0.05, 0.1) is 5.52 Å². The number of aromatic hydroxyl groups is 1. The Morgan fingerprint density at radius 2 is 1.37 bits per heavy atom. The fourth-order valence-electron chi connectivity index (χ4n) is 5.75. The normalized spacial score (nSPS) is 14.0. The van der Waals surface area contributed by atoms with Gasteiger partial charge in [-0.1, -0.05) is 55.5 Å². The van der Waals surface area contributed by atoms with Crippen molar-refractivity contribution in [1.82, 2.24) is 20.5 Å². The van der Waals surface area contributed by atoms with Gasteiger partial charge in [0.15, 0.2) is 0 Å². The number of benzene rings is 2. The summed E-state index contributed by atoms with van der Waals surface area (Å²) in [6.45, 7) is 3.70. The van der Waals surface area contributed by atoms with Crippen molar-refractivity contribution in [2.24, 2.45) is 0 Å². The van der Waals surface area contributed by atoms with E-state index in [2.05, 4.69) is 20.5 Å². The molecule has 4 N–H and O–H groups in total. The monoisotopic (exact) mass is 746 g/mol. The van der Waals surface area contributed by atoms with Crippen LogP contribution in [0.4, 0.5) is 26.3 Å². The van der Waals surface area contributed by atoms with Crippen LogP contribution < -0.4 is 16.2 Å². The fraction of sp³-hybridized carbons (Fsp3) is 0.486. The van der Waals surface area contributed by atoms with E-state index in [-0.39, 0.29) is 17.2 Å². The van der Waals surface area contributed by atoms with Gasteiger partial charge in [-0.25, -0.2) is 0 Å². The number of hydrogen-bond donors (Lipinski definition) is 4. The van der Waals surface area contributed by atoms with E-state index in [4.69, 9.17) is 11.6 Å². The van der Waals surface area contributed by atoms with Gasteiger partial charge < -0.3 is 25.6 Å². The highest BCUT2D eigenvalue weighted by molar-refractivity contribution is 6.41. The van der Waals surface area contributed by atoms with Crippen LogP contribution in [0.2, 0.25) is 5.02 Å². The van der Waals surface area contributed by atoms with Gasteiger partial charge in [0.2, 0.25) is 11.5 Å². The number of halogens is 7. The summed E-state index contributed by atoms with van der Waals surface area (Å²) in [6, 6.07) is 15.0. The Balaban J connectivity index is 0.000000501. The molecule has 1 amide bonds. The number of aromatic nitrogens is 1. The molecule has 1 aliphatic carbocycles. The molecule has 16 heteroatoms. The third kappa shape index (κ3) is 13.6. The Kier molecular flexibility index (Phi) is 15.9. The van der Waals surface area contributed by atoms with Gasteiger partial charge in [0.25, 0.3) is 0 Å². The Bertz CT molecular complexity index is 1630. The number of aromatic amines is 1. The number of nitrogens with zero attached hydrogens (tertiary/aromatic N) is 1. The predicted molar refractivity (Wildman–Crippen MR) is 181 cm³/mol. The number of phenolic OH excluding ortho intramolecular Hbond substituents is 1. The molecule has 4 rings (SSSR count). The maximum atomic E-state index is 13.3. The molecule has 0 unspecified atom stereocenters. The maximum Gasteiger partial charge on any atom is 0.458 e. The molecule has 1 aliphatic rings. The van der Waals surface area contributed by atoms with Gasteiger partial charge in [0, 0.05) is 48.6 Å². The number of rotatable bonds is 14. The SMILES string of the molecule is O=C(C(=O)C(F)(F)F)C(F)(F)F.O=C(CCNCCc1ccc(Cl)cc1)N(CCNCCc1ccc(O)c2[nH]c(=O)ccc12)C1CCCCCC1. The molecule has 1 aromatic heterocycles. The summed E-state index contributed by atoms with van der Waals surface area (Å²) >= 11 is 5.97. The number of H-pyrrole nitrogens is 1. The molecule has 9 nitrogen and oxygen atoms in total. The van der Waals surface area contributed by atoms with Gasteiger partial charge in [-0.05, 0) is 74.2 Å². The van der Waals surface area contributed by atoms with Crippen molar-refractivity contribution in [2.75, 3.05) is 32.7 Å². The minimum absolute atomic E-state index is 0.0800. The lowest BCUT2D eigenvalue weighted by Crippen LogP contribution is -2.45. The maximum absolute atomic E-state index is 13.3. The topological polar surface area (TPSA) is 132 Å². The largest absolute Gasteiger partial charge is 0.506 e. The Morgan fingerprint density at radius 1 is 0.784 bits per heavy atom. The summed E-state index contributed by atoms with van der Waals surface area (Å²) in [5, 5.41) is 18.7. The molecule has 0 atom stereocenters. The van der Waals surface area contributed by atoms with Gasteiger partial charge >= 0.3 is 23.9 Å². The highest BCUT2D eigenvalue weighted by Crippen LogP contribution is 2.26. The summed E-state index contributed by atoms with van der Waals surface area (Å²) in [7, 11) is 0. The quantitative estimate of drug-likeness (QED) is 0.0685. The number of alkyl halides is 6. The number of pyridine rings is 1. The van der Waals surface area contributed by atoms with Crippen molar-refractivity contribution in [3.63, 3.8) is 0 Å². The number of phenols is 1. The van der Waals surface area contributed by atoms with E-state index in [1.165, 1.54) is 37.3 Å². The second-order valence-corrected chi connectivity index (χ2v) is 12.6. The first-order valence-corrected chi connectivity index (χ1v) is 17.0. The van der Waals surface area contributed by atoms with Crippen molar-refractivity contribution < 1.29 is 45.8 Å². The lowest BCUT2D eigenvalue weighted by Gasteiger charge is -2.32. The average molecular weight is 747 g/mol. The lowest BCUT2D eigenvalue weighted by atomic mass is 10.0. The number of hydrogen-bond acceptors (Lipinski definition) is 7. The molecule has 0 saturated heterocycles. The zero-order valence-electron chi connectivity index (χ0n) is 27.8. The van der Waals surface area contributed by atoms with E-state index >= 15 is 0 Å². The zero-order valence-corrected chi connectivity index (χ0v) is 28.5. The lowest BCUT2D eigenvalue weighted by molar-refractivity contribution is -0.193. The molecule has 1 heterocycles. The van der Waals surface area contributed by atoms with E-state index in [9.17, 15) is 50.6 Å². The first-order chi connectivity index (χ1) is 24.1. The first-order valence-electron chi connectivity index (χ1n) is 16.6. The van der Waals surface area contributed by atoms with Crippen molar-refractivity contribution in [2.45, 2.75) is 76.2 Å². The molecule has 51 heavy (non-hydrogen) atoms. The van der Waals surface area contributed by atoms with Crippen LogP contribution in [0.3, 0.4) is 0 Å². The van der Waals surface area contributed by atoms with Crippen LogP contribution in [0.15, 0.2) is 53.3 Å². The van der Waals surface area contributed by atoms with Crippen LogP contribution in [0.25, 0.3) is 10.9 Å². The van der Waals surface area contributed by atoms with Gasteiger partial charge in [-0.15, -0.1) is 0 Å². The van der Waals surface area contributed by atoms with Crippen molar-refractivity contribution in [3.8, 4) is 5.75 Å². The third-order valence-electron chi connectivity index (χ3n) is 8.39. The van der Waals surface area contributed by atoms with Crippen LogP contribution in [0, 0.1) is 0 Å². The average Bonchev–Trinajstić information content (AvgIpc) is 3.36. The molecule has 0 radical (unpaired) electrons. The number of amides is 1. The van der Waals surface area contributed by atoms with Crippen LogP contribution >= 0.6 is 11.6 Å². The zero-order chi connectivity index (χ0) is 37.6. The molecule has 2 aromatic carbocycles. The highest BCUT2D eigenvalue weighted by Gasteiger charge is 2.54. The molecule has 0 bridgehead atoms. The number of fused-ring (bicyclic) bond motifs is 1. The number of ketones is 2. The molecule has 1 saturated carbocycles. The standard InChI is InChI=1S/C31H41ClN4O3.C4F6O2/c32-25-10-7-23(8-11-25)15-18-33-20-17-30(39)36(26-5-3-1-2-4-6-26)22-21-34-19-16-24-9-13-28(37)31-27(24)12-14-29(38)35-31;5-3(6,7)1(11)2(12)4(8,9)10/h7-14,26,33-34,37H,1-6,15-22H2,(H,35,38);. The Hall–Kier alpha value is -3.95. The summed E-state index contributed by atoms with van der Waals surface area (Å²) < 4.78 is 67.0. The van der Waals surface area contributed by atoms with E-state index in [1.807, 2.05) is 30.3 Å². The smallest absolute Gasteiger partial charge is 0.458 e. The van der Waals surface area contributed by atoms with Crippen molar-refractivity contribution in [3.05, 3.63) is 75.0 Å². The van der Waals surface area contributed by atoms with E-state index in [1.54, 1.807) is 12.1 Å². The van der Waals surface area contributed by atoms with E-state index < -0.39 is 23.9 Å². The summed E-state index contributed by atoms with van der Waals surface area (Å²) in [4.78, 5) is 49.1. The Labute approximate surface area is 295 Å². The minimum atomic E-state index is -5.77. The van der Waals surface area contributed by atoms with E-state index in [0.717, 1.165) is 61.3 Å². The summed E-state index contributed by atoms with van der Waals surface area (Å²) in [5.74, 6) is -6.50. The van der Waals surface area contributed by atoms with Crippen molar-refractivity contribution in [1.29, 1.82) is 0 Å². The number of carbonyl (C=O) groups is 3. The molecule has 280 valence electrons. The number of Topliss-reactive ketones (excluding diaryl/α,β-unsaturated/α-hetero) is 2. The fourth-order valence-corrected chi connectivity index (χ4v) is 5.87. The third-order valence-corrected chi connectivity index (χ3v) is 8.64. The highest BCUT2D eigenvalue weighted by atomic mass is 35.5. The summed E-state index contributed by atoms with van der Waals surface area (Å²) in [5.41, 5.74) is 2.55. The summed E-state index contributed by atoms with van der Waals surface area (Å²) in [6.07, 6.45) is -2.28. The molecular weight excluding hydrogens is 706 g/mol. The molecule has 3 aromatic rings.